The highest BCUT2D eigenvalue weighted by molar-refractivity contribution is 5.78. The van der Waals surface area contributed by atoms with E-state index in [-0.39, 0.29) is 11.9 Å². The molecule has 2 aromatic rings. The number of likely N-dealkylation sites (tertiary alicyclic amines) is 1. The largest absolute Gasteiger partial charge is 0.497 e. The van der Waals surface area contributed by atoms with Crippen LogP contribution in [-0.2, 0) is 11.2 Å². The molecule has 5 heteroatoms. The average molecular weight is 328 g/mol. The molecule has 0 spiro atoms. The number of carbonyl (C=O) groups is 1. The van der Waals surface area contributed by atoms with Crippen LogP contribution in [0.4, 0.5) is 0 Å². The van der Waals surface area contributed by atoms with Gasteiger partial charge in [-0.2, -0.15) is 0 Å². The van der Waals surface area contributed by atoms with E-state index in [1.54, 1.807) is 13.4 Å². The minimum atomic E-state index is 0.0240. The van der Waals surface area contributed by atoms with E-state index in [1.807, 2.05) is 36.4 Å². The normalized spacial score (nSPS) is 16.0. The second-order valence-corrected chi connectivity index (χ2v) is 6.10. The van der Waals surface area contributed by atoms with Gasteiger partial charge in [-0.25, -0.2) is 0 Å². The number of furan rings is 1. The molecule has 1 aromatic heterocycles. The lowest BCUT2D eigenvalue weighted by atomic mass is 10.1. The summed E-state index contributed by atoms with van der Waals surface area (Å²) in [6, 6.07) is 11.6. The number of hydrogen-bond acceptors (Lipinski definition) is 4. The van der Waals surface area contributed by atoms with E-state index in [9.17, 15) is 4.79 Å². The highest BCUT2D eigenvalue weighted by Crippen LogP contribution is 2.24. The van der Waals surface area contributed by atoms with Gasteiger partial charge in [0, 0.05) is 6.54 Å². The molecule has 0 saturated carbocycles. The molecular formula is C19H24N2O3. The minimum Gasteiger partial charge on any atom is -0.497 e. The zero-order valence-electron chi connectivity index (χ0n) is 14.0. The molecule has 24 heavy (non-hydrogen) atoms. The maximum absolute atomic E-state index is 12.3. The van der Waals surface area contributed by atoms with Gasteiger partial charge in [-0.1, -0.05) is 12.1 Å². The van der Waals surface area contributed by atoms with Crippen LogP contribution in [0.15, 0.2) is 47.1 Å². The number of ether oxygens (including phenoxy) is 1. The highest BCUT2D eigenvalue weighted by Gasteiger charge is 2.25. The fraction of sp³-hybridized carbons (Fsp3) is 0.421. The molecule has 1 N–H and O–H groups in total. The Bertz CT molecular complexity index is 631. The predicted molar refractivity (Wildman–Crippen MR) is 92.0 cm³/mol. The number of amides is 1. The summed E-state index contributed by atoms with van der Waals surface area (Å²) in [5, 5.41) is 3.05. The second-order valence-electron chi connectivity index (χ2n) is 6.10. The van der Waals surface area contributed by atoms with Gasteiger partial charge < -0.3 is 14.5 Å². The molecule has 1 atom stereocenters. The average Bonchev–Trinajstić information content (AvgIpc) is 3.30. The van der Waals surface area contributed by atoms with Crippen LogP contribution in [0, 0.1) is 0 Å². The van der Waals surface area contributed by atoms with E-state index in [0.717, 1.165) is 30.2 Å². The van der Waals surface area contributed by atoms with E-state index in [0.29, 0.717) is 13.0 Å². The van der Waals surface area contributed by atoms with Crippen LogP contribution in [0.5, 0.6) is 5.75 Å². The van der Waals surface area contributed by atoms with Gasteiger partial charge >= 0.3 is 0 Å². The van der Waals surface area contributed by atoms with Gasteiger partial charge in [0.1, 0.15) is 11.5 Å². The molecular weight excluding hydrogens is 304 g/mol. The fourth-order valence-electron chi connectivity index (χ4n) is 3.15. The molecule has 0 unspecified atom stereocenters. The van der Waals surface area contributed by atoms with Crippen LogP contribution in [0.3, 0.4) is 0 Å². The van der Waals surface area contributed by atoms with Crippen molar-refractivity contribution in [3.05, 3.63) is 54.0 Å². The van der Waals surface area contributed by atoms with Crippen LogP contribution < -0.4 is 10.1 Å². The number of methoxy groups -OCH3 is 1. The highest BCUT2D eigenvalue weighted by atomic mass is 16.5. The molecule has 1 aliphatic rings. The van der Waals surface area contributed by atoms with Crippen molar-refractivity contribution < 1.29 is 13.9 Å². The lowest BCUT2D eigenvalue weighted by molar-refractivity contribution is -0.120. The monoisotopic (exact) mass is 328 g/mol. The summed E-state index contributed by atoms with van der Waals surface area (Å²) in [5.74, 6) is 1.74. The Kier molecular flexibility index (Phi) is 5.54. The van der Waals surface area contributed by atoms with E-state index in [2.05, 4.69) is 10.2 Å². The lowest BCUT2D eigenvalue weighted by Gasteiger charge is -2.26. The molecule has 2 heterocycles. The second kappa shape index (κ2) is 8.02. The first-order chi connectivity index (χ1) is 11.8. The first-order valence-electron chi connectivity index (χ1n) is 8.43. The Morgan fingerprint density at radius 1 is 1.25 bits per heavy atom. The Morgan fingerprint density at radius 2 is 2.00 bits per heavy atom. The third kappa shape index (κ3) is 4.17. The van der Waals surface area contributed by atoms with Gasteiger partial charge in [-0.3, -0.25) is 9.69 Å². The smallest absolute Gasteiger partial charge is 0.224 e. The summed E-state index contributed by atoms with van der Waals surface area (Å²) >= 11 is 0. The molecule has 5 nitrogen and oxygen atoms in total. The summed E-state index contributed by atoms with van der Waals surface area (Å²) in [6.07, 6.45) is 4.47. The third-order valence-corrected chi connectivity index (χ3v) is 4.47. The maximum atomic E-state index is 12.3. The Morgan fingerprint density at radius 3 is 2.62 bits per heavy atom. The van der Waals surface area contributed by atoms with Crippen molar-refractivity contribution in [1.82, 2.24) is 10.2 Å². The van der Waals surface area contributed by atoms with Crippen LogP contribution >= 0.6 is 0 Å². The quantitative estimate of drug-likeness (QED) is 0.849. The molecule has 0 bridgehead atoms. The van der Waals surface area contributed by atoms with Crippen LogP contribution in [0.1, 0.15) is 30.2 Å². The van der Waals surface area contributed by atoms with Crippen molar-refractivity contribution in [2.24, 2.45) is 0 Å². The number of nitrogens with one attached hydrogen (secondary N) is 1. The predicted octanol–water partition coefficient (Wildman–Crippen LogP) is 2.78. The Balaban J connectivity index is 1.56. The van der Waals surface area contributed by atoms with Crippen molar-refractivity contribution in [3.8, 4) is 5.75 Å². The van der Waals surface area contributed by atoms with Crippen molar-refractivity contribution in [3.63, 3.8) is 0 Å². The molecule has 1 aliphatic heterocycles. The molecule has 0 aliphatic carbocycles. The summed E-state index contributed by atoms with van der Waals surface area (Å²) in [6.45, 7) is 2.68. The third-order valence-electron chi connectivity index (χ3n) is 4.47. The zero-order valence-corrected chi connectivity index (χ0v) is 14.0. The number of carbonyl (C=O) groups excluding carboxylic acids is 1. The molecule has 3 rings (SSSR count). The molecule has 1 saturated heterocycles. The van der Waals surface area contributed by atoms with E-state index in [1.165, 1.54) is 12.8 Å². The number of hydrogen-bond donors (Lipinski definition) is 1. The summed E-state index contributed by atoms with van der Waals surface area (Å²) in [5.41, 5.74) is 0.976. The van der Waals surface area contributed by atoms with Crippen molar-refractivity contribution in [2.45, 2.75) is 25.3 Å². The van der Waals surface area contributed by atoms with E-state index < -0.39 is 0 Å². The number of benzene rings is 1. The van der Waals surface area contributed by atoms with Crippen molar-refractivity contribution in [2.75, 3.05) is 26.7 Å². The summed E-state index contributed by atoms with van der Waals surface area (Å²) < 4.78 is 10.7. The summed E-state index contributed by atoms with van der Waals surface area (Å²) in [7, 11) is 1.63. The van der Waals surface area contributed by atoms with Crippen LogP contribution in [-0.4, -0.2) is 37.6 Å². The maximum Gasteiger partial charge on any atom is 0.224 e. The van der Waals surface area contributed by atoms with Gasteiger partial charge in [0.15, 0.2) is 0 Å². The van der Waals surface area contributed by atoms with Gasteiger partial charge in [-0.15, -0.1) is 0 Å². The summed E-state index contributed by atoms with van der Waals surface area (Å²) in [4.78, 5) is 14.6. The number of nitrogens with zero attached hydrogens (tertiary/aromatic N) is 1. The minimum absolute atomic E-state index is 0.0240. The van der Waals surface area contributed by atoms with E-state index in [4.69, 9.17) is 9.15 Å². The van der Waals surface area contributed by atoms with Crippen LogP contribution in [0.2, 0.25) is 0 Å². The first-order valence-corrected chi connectivity index (χ1v) is 8.43. The van der Waals surface area contributed by atoms with Gasteiger partial charge in [0.2, 0.25) is 5.91 Å². The topological polar surface area (TPSA) is 54.7 Å². The zero-order chi connectivity index (χ0) is 16.8. The van der Waals surface area contributed by atoms with Gasteiger partial charge in [0.25, 0.3) is 0 Å². The molecule has 1 aromatic carbocycles. The van der Waals surface area contributed by atoms with E-state index >= 15 is 0 Å². The van der Waals surface area contributed by atoms with Crippen molar-refractivity contribution in [1.29, 1.82) is 0 Å². The van der Waals surface area contributed by atoms with Crippen LogP contribution in [0.25, 0.3) is 0 Å². The SMILES string of the molecule is COc1ccc(CC(=O)NC[C@@H](c2ccco2)N2CCCC2)cc1. The molecule has 1 amide bonds. The fourth-order valence-corrected chi connectivity index (χ4v) is 3.15. The first kappa shape index (κ1) is 16.6. The lowest BCUT2D eigenvalue weighted by Crippen LogP contribution is -2.37. The Hall–Kier alpha value is -2.27. The number of rotatable bonds is 7. The van der Waals surface area contributed by atoms with Crippen molar-refractivity contribution >= 4 is 5.91 Å². The van der Waals surface area contributed by atoms with Gasteiger partial charge in [0.05, 0.1) is 25.8 Å². The standard InChI is InChI=1S/C19H24N2O3/c1-23-16-8-6-15(7-9-16)13-19(22)20-14-17(18-5-4-12-24-18)21-10-2-3-11-21/h4-9,12,17H,2-3,10-11,13-14H2,1H3,(H,20,22)/t17-/m0/s1. The molecule has 0 radical (unpaired) electrons. The molecule has 1 fully saturated rings. The molecule has 128 valence electrons. The Labute approximate surface area is 142 Å². The van der Waals surface area contributed by atoms with Gasteiger partial charge in [-0.05, 0) is 55.8 Å².